The molecule has 0 saturated heterocycles. The molecule has 1 aromatic carbocycles. The molecule has 1 N–H and O–H groups in total. The lowest BCUT2D eigenvalue weighted by molar-refractivity contribution is -0.112. The van der Waals surface area contributed by atoms with Crippen molar-refractivity contribution in [3.63, 3.8) is 0 Å². The Hall–Kier alpha value is -2.63. The zero-order valence-corrected chi connectivity index (χ0v) is 18.3. The summed E-state index contributed by atoms with van der Waals surface area (Å²) in [5.41, 5.74) is 1.64. The van der Waals surface area contributed by atoms with Crippen molar-refractivity contribution >= 4 is 50.2 Å². The Balaban J connectivity index is 2.33. The maximum Gasteiger partial charge on any atom is 0.341 e. The molecule has 1 amide bonds. The maximum atomic E-state index is 12.6. The summed E-state index contributed by atoms with van der Waals surface area (Å²) in [7, 11) is 1.55. The smallest absolute Gasteiger partial charge is 0.341 e. The van der Waals surface area contributed by atoms with Crippen LogP contribution < -0.4 is 10.1 Å². The van der Waals surface area contributed by atoms with E-state index in [-0.39, 0.29) is 12.2 Å². The molecular weight excluding hydrogens is 444 g/mol. The second-order valence-corrected chi connectivity index (χ2v) is 7.80. The SMILES string of the molecule is CCOC(=O)c1c(NC(=O)/C(C#N)=C/c2ccc(OC)c(Br)c2)sc(C)c1C. The predicted molar refractivity (Wildman–Crippen MR) is 113 cm³/mol. The Bertz CT molecular complexity index is 989. The number of carbonyl (C=O) groups excluding carboxylic acids is 2. The van der Waals surface area contributed by atoms with E-state index in [9.17, 15) is 14.9 Å². The number of nitrogens with zero attached hydrogens (tertiary/aromatic N) is 1. The van der Waals surface area contributed by atoms with E-state index in [1.165, 1.54) is 17.4 Å². The number of benzene rings is 1. The van der Waals surface area contributed by atoms with Gasteiger partial charge in [-0.1, -0.05) is 6.07 Å². The monoisotopic (exact) mass is 462 g/mol. The van der Waals surface area contributed by atoms with E-state index < -0.39 is 11.9 Å². The van der Waals surface area contributed by atoms with Crippen LogP contribution in [0.25, 0.3) is 6.08 Å². The van der Waals surface area contributed by atoms with Gasteiger partial charge in [-0.25, -0.2) is 4.79 Å². The largest absolute Gasteiger partial charge is 0.496 e. The van der Waals surface area contributed by atoms with Crippen LogP contribution in [0.2, 0.25) is 0 Å². The Kier molecular flexibility index (Phi) is 7.38. The minimum absolute atomic E-state index is 0.0874. The summed E-state index contributed by atoms with van der Waals surface area (Å²) in [6.45, 7) is 5.60. The Morgan fingerprint density at radius 3 is 2.64 bits per heavy atom. The van der Waals surface area contributed by atoms with Gasteiger partial charge >= 0.3 is 5.97 Å². The summed E-state index contributed by atoms with van der Waals surface area (Å²) in [5, 5.41) is 12.5. The maximum absolute atomic E-state index is 12.6. The van der Waals surface area contributed by atoms with Gasteiger partial charge in [0, 0.05) is 4.88 Å². The van der Waals surface area contributed by atoms with Crippen LogP contribution >= 0.6 is 27.3 Å². The van der Waals surface area contributed by atoms with Crippen molar-refractivity contribution in [2.24, 2.45) is 0 Å². The zero-order valence-electron chi connectivity index (χ0n) is 15.9. The molecule has 0 aliphatic rings. The molecule has 0 atom stereocenters. The number of aryl methyl sites for hydroxylation is 1. The van der Waals surface area contributed by atoms with E-state index in [1.54, 1.807) is 39.2 Å². The molecule has 0 aliphatic carbocycles. The molecule has 2 aromatic rings. The number of nitriles is 1. The highest BCUT2D eigenvalue weighted by atomic mass is 79.9. The van der Waals surface area contributed by atoms with Crippen molar-refractivity contribution in [3.8, 4) is 11.8 Å². The number of methoxy groups -OCH3 is 1. The summed E-state index contributed by atoms with van der Waals surface area (Å²) < 4.78 is 11.0. The fourth-order valence-corrected chi connectivity index (χ4v) is 4.02. The first kappa shape index (κ1) is 21.7. The third kappa shape index (κ3) is 4.80. The number of hydrogen-bond donors (Lipinski definition) is 1. The van der Waals surface area contributed by atoms with E-state index >= 15 is 0 Å². The third-order valence-corrected chi connectivity index (χ3v) is 5.69. The van der Waals surface area contributed by atoms with Gasteiger partial charge in [-0.2, -0.15) is 5.26 Å². The van der Waals surface area contributed by atoms with Gasteiger partial charge in [0.1, 0.15) is 22.4 Å². The van der Waals surface area contributed by atoms with Gasteiger partial charge in [0.05, 0.1) is 23.8 Å². The topological polar surface area (TPSA) is 88.4 Å². The molecule has 2 rings (SSSR count). The predicted octanol–water partition coefficient (Wildman–Crippen LogP) is 4.86. The number of esters is 1. The molecule has 0 radical (unpaired) electrons. The summed E-state index contributed by atoms with van der Waals surface area (Å²) in [6.07, 6.45) is 1.47. The van der Waals surface area contributed by atoms with Gasteiger partial charge in [0.25, 0.3) is 5.91 Å². The van der Waals surface area contributed by atoms with Gasteiger partial charge in [-0.3, -0.25) is 4.79 Å². The average Bonchev–Trinajstić information content (AvgIpc) is 2.93. The van der Waals surface area contributed by atoms with E-state index in [1.807, 2.05) is 13.0 Å². The van der Waals surface area contributed by atoms with Crippen LogP contribution in [-0.4, -0.2) is 25.6 Å². The molecule has 1 aromatic heterocycles. The van der Waals surface area contributed by atoms with Crippen LogP contribution in [0.3, 0.4) is 0 Å². The number of amides is 1. The zero-order chi connectivity index (χ0) is 20.8. The molecule has 146 valence electrons. The van der Waals surface area contributed by atoms with Crippen molar-refractivity contribution in [2.45, 2.75) is 20.8 Å². The first-order chi connectivity index (χ1) is 13.3. The molecule has 0 fully saturated rings. The number of hydrogen-bond acceptors (Lipinski definition) is 6. The van der Waals surface area contributed by atoms with Gasteiger partial charge in [-0.15, -0.1) is 11.3 Å². The minimum atomic E-state index is -0.596. The molecule has 0 aliphatic heterocycles. The summed E-state index contributed by atoms with van der Waals surface area (Å²) >= 11 is 4.65. The van der Waals surface area contributed by atoms with Crippen molar-refractivity contribution in [1.29, 1.82) is 5.26 Å². The first-order valence-corrected chi connectivity index (χ1v) is 9.97. The van der Waals surface area contributed by atoms with Crippen molar-refractivity contribution in [2.75, 3.05) is 19.0 Å². The highest BCUT2D eigenvalue weighted by Gasteiger charge is 2.23. The van der Waals surface area contributed by atoms with E-state index in [0.29, 0.717) is 26.4 Å². The highest BCUT2D eigenvalue weighted by Crippen LogP contribution is 2.33. The number of carbonyl (C=O) groups is 2. The van der Waals surface area contributed by atoms with Crippen LogP contribution in [0, 0.1) is 25.2 Å². The fraction of sp³-hybridized carbons (Fsp3) is 0.250. The van der Waals surface area contributed by atoms with Gasteiger partial charge in [0.15, 0.2) is 0 Å². The number of ether oxygens (including phenoxy) is 2. The molecule has 0 bridgehead atoms. The van der Waals surface area contributed by atoms with Crippen LogP contribution in [0.5, 0.6) is 5.75 Å². The van der Waals surface area contributed by atoms with E-state index in [4.69, 9.17) is 9.47 Å². The van der Waals surface area contributed by atoms with Gasteiger partial charge < -0.3 is 14.8 Å². The van der Waals surface area contributed by atoms with Gasteiger partial charge in [-0.05, 0) is 66.0 Å². The molecule has 6 nitrogen and oxygen atoms in total. The van der Waals surface area contributed by atoms with Crippen molar-refractivity contribution in [1.82, 2.24) is 0 Å². The minimum Gasteiger partial charge on any atom is -0.496 e. The Morgan fingerprint density at radius 2 is 2.07 bits per heavy atom. The second kappa shape index (κ2) is 9.53. The molecule has 28 heavy (non-hydrogen) atoms. The lowest BCUT2D eigenvalue weighted by atomic mass is 10.1. The molecule has 0 spiro atoms. The molecule has 1 heterocycles. The molecule has 0 unspecified atom stereocenters. The second-order valence-electron chi connectivity index (χ2n) is 5.73. The van der Waals surface area contributed by atoms with E-state index in [2.05, 4.69) is 21.2 Å². The number of nitrogens with one attached hydrogen (secondary N) is 1. The molecule has 0 saturated carbocycles. The number of anilines is 1. The Morgan fingerprint density at radius 1 is 1.36 bits per heavy atom. The number of halogens is 1. The summed E-state index contributed by atoms with van der Waals surface area (Å²) in [4.78, 5) is 25.8. The third-order valence-electron chi connectivity index (χ3n) is 3.94. The van der Waals surface area contributed by atoms with Crippen molar-refractivity contribution in [3.05, 3.63) is 49.8 Å². The van der Waals surface area contributed by atoms with Crippen LogP contribution in [0.4, 0.5) is 5.00 Å². The molecular formula is C20H19BrN2O4S. The molecule has 8 heteroatoms. The number of thiophene rings is 1. The number of rotatable bonds is 6. The standard InChI is InChI=1S/C20H19BrN2O4S/c1-5-27-20(25)17-11(2)12(3)28-19(17)23-18(24)14(10-22)8-13-6-7-16(26-4)15(21)9-13/h6-9H,5H2,1-4H3,(H,23,24)/b14-8+. The van der Waals surface area contributed by atoms with Gasteiger partial charge in [0.2, 0.25) is 0 Å². The summed E-state index contributed by atoms with van der Waals surface area (Å²) in [5.74, 6) is -0.453. The van der Waals surface area contributed by atoms with Crippen molar-refractivity contribution < 1.29 is 19.1 Å². The fourth-order valence-electron chi connectivity index (χ4n) is 2.42. The average molecular weight is 463 g/mol. The Labute approximate surface area is 175 Å². The van der Waals surface area contributed by atoms with Crippen LogP contribution in [0.1, 0.15) is 33.3 Å². The highest BCUT2D eigenvalue weighted by molar-refractivity contribution is 9.10. The normalized spacial score (nSPS) is 10.9. The first-order valence-electron chi connectivity index (χ1n) is 8.36. The quantitative estimate of drug-likeness (QED) is 0.376. The lowest BCUT2D eigenvalue weighted by Crippen LogP contribution is -2.16. The summed E-state index contributed by atoms with van der Waals surface area (Å²) in [6, 6.07) is 7.11. The van der Waals surface area contributed by atoms with Crippen LogP contribution in [0.15, 0.2) is 28.2 Å². The lowest BCUT2D eigenvalue weighted by Gasteiger charge is -2.07. The van der Waals surface area contributed by atoms with Crippen LogP contribution in [-0.2, 0) is 9.53 Å². The van der Waals surface area contributed by atoms with E-state index in [0.717, 1.165) is 10.4 Å².